The second kappa shape index (κ2) is 3.98. The summed E-state index contributed by atoms with van der Waals surface area (Å²) in [5.74, 6) is 0.964. The molecule has 5 rings (SSSR count). The van der Waals surface area contributed by atoms with Gasteiger partial charge in [0.2, 0.25) is 5.95 Å². The van der Waals surface area contributed by atoms with Gasteiger partial charge in [0.05, 0.1) is 11.0 Å². The fraction of sp³-hybridized carbons (Fsp3) is 0.167. The number of fused-ring (bicyclic) bond motifs is 5. The predicted molar refractivity (Wildman–Crippen MR) is 85.0 cm³/mol. The molecule has 0 radical (unpaired) electrons. The minimum absolute atomic E-state index is 0.951. The number of aryl methyl sites for hydroxylation is 1. The van der Waals surface area contributed by atoms with Gasteiger partial charge in [-0.3, -0.25) is 0 Å². The number of nitrogens with one attached hydrogen (secondary N) is 1. The lowest BCUT2D eigenvalue weighted by Gasteiger charge is -2.29. The second-order valence-corrected chi connectivity index (χ2v) is 5.77. The summed E-state index contributed by atoms with van der Waals surface area (Å²) in [6.07, 6.45) is 2.27. The third-order valence-corrected chi connectivity index (χ3v) is 4.58. The molecule has 21 heavy (non-hydrogen) atoms. The smallest absolute Gasteiger partial charge is 0.208 e. The van der Waals surface area contributed by atoms with E-state index in [0.29, 0.717) is 0 Å². The molecule has 102 valence electrons. The molecule has 3 aromatic rings. The van der Waals surface area contributed by atoms with Gasteiger partial charge in [-0.25, -0.2) is 4.98 Å². The maximum atomic E-state index is 4.73. The molecule has 0 amide bonds. The lowest BCUT2D eigenvalue weighted by atomic mass is 9.88. The quantitative estimate of drug-likeness (QED) is 0.675. The molecule has 2 aromatic carbocycles. The van der Waals surface area contributed by atoms with Crippen molar-refractivity contribution in [2.24, 2.45) is 0 Å². The molecule has 0 saturated carbocycles. The third-order valence-electron chi connectivity index (χ3n) is 4.58. The Hall–Kier alpha value is -2.55. The van der Waals surface area contributed by atoms with Crippen LogP contribution in [0.4, 0.5) is 5.95 Å². The van der Waals surface area contributed by atoms with Crippen molar-refractivity contribution in [2.75, 3.05) is 5.32 Å². The zero-order valence-corrected chi connectivity index (χ0v) is 11.6. The number of nitrogens with zero attached hydrogens (tertiary/aromatic N) is 2. The fourth-order valence-corrected chi connectivity index (χ4v) is 3.53. The summed E-state index contributed by atoms with van der Waals surface area (Å²) in [7, 11) is 0. The molecular weight excluding hydrogens is 258 g/mol. The third kappa shape index (κ3) is 1.51. The van der Waals surface area contributed by atoms with Gasteiger partial charge in [-0.15, -0.1) is 0 Å². The highest BCUT2D eigenvalue weighted by Crippen LogP contribution is 2.37. The number of imidazole rings is 1. The van der Waals surface area contributed by atoms with E-state index in [1.165, 1.54) is 27.9 Å². The van der Waals surface area contributed by atoms with Crippen LogP contribution in [0.15, 0.2) is 54.1 Å². The zero-order valence-electron chi connectivity index (χ0n) is 11.6. The Bertz CT molecular complexity index is 902. The summed E-state index contributed by atoms with van der Waals surface area (Å²) < 4.78 is 2.29. The van der Waals surface area contributed by atoms with Gasteiger partial charge in [0.15, 0.2) is 0 Å². The predicted octanol–water partition coefficient (Wildman–Crippen LogP) is 3.82. The van der Waals surface area contributed by atoms with Gasteiger partial charge in [-0.1, -0.05) is 36.4 Å². The normalized spacial score (nSPS) is 16.2. The van der Waals surface area contributed by atoms with Crippen LogP contribution in [0.25, 0.3) is 16.7 Å². The number of allylic oxidation sites excluding steroid dienone is 1. The Kier molecular flexibility index (Phi) is 2.11. The molecular formula is C18H15N3. The Morgan fingerprint density at radius 3 is 2.81 bits per heavy atom. The molecule has 0 bridgehead atoms. The monoisotopic (exact) mass is 273 g/mol. The van der Waals surface area contributed by atoms with E-state index in [0.717, 1.165) is 30.9 Å². The van der Waals surface area contributed by atoms with Crippen LogP contribution in [0.5, 0.6) is 0 Å². The summed E-state index contributed by atoms with van der Waals surface area (Å²) in [6.45, 7) is 0.951. The average molecular weight is 273 g/mol. The zero-order chi connectivity index (χ0) is 13.8. The van der Waals surface area contributed by atoms with Gasteiger partial charge in [-0.05, 0) is 36.1 Å². The van der Waals surface area contributed by atoms with Crippen LogP contribution in [0, 0.1) is 0 Å². The van der Waals surface area contributed by atoms with Crippen molar-refractivity contribution < 1.29 is 0 Å². The Morgan fingerprint density at radius 1 is 0.952 bits per heavy atom. The molecule has 1 N–H and O–H groups in total. The number of anilines is 1. The van der Waals surface area contributed by atoms with E-state index in [1.807, 2.05) is 6.07 Å². The molecule has 1 aliphatic carbocycles. The number of benzene rings is 2. The summed E-state index contributed by atoms with van der Waals surface area (Å²) in [4.78, 5) is 4.73. The van der Waals surface area contributed by atoms with Crippen molar-refractivity contribution in [1.82, 2.24) is 9.55 Å². The van der Waals surface area contributed by atoms with Crippen LogP contribution in [-0.2, 0) is 13.0 Å². The van der Waals surface area contributed by atoms with Gasteiger partial charge in [0.25, 0.3) is 0 Å². The van der Waals surface area contributed by atoms with Crippen molar-refractivity contribution in [3.8, 4) is 0 Å². The van der Waals surface area contributed by atoms with E-state index in [4.69, 9.17) is 4.98 Å². The lowest BCUT2D eigenvalue weighted by Crippen LogP contribution is -2.21. The number of aromatic nitrogens is 2. The molecule has 0 spiro atoms. The largest absolute Gasteiger partial charge is 0.325 e. The van der Waals surface area contributed by atoms with Gasteiger partial charge in [0.1, 0.15) is 0 Å². The highest BCUT2D eigenvalue weighted by molar-refractivity contribution is 5.87. The van der Waals surface area contributed by atoms with Gasteiger partial charge < -0.3 is 9.88 Å². The van der Waals surface area contributed by atoms with Crippen LogP contribution in [0.2, 0.25) is 0 Å². The summed E-state index contributed by atoms with van der Waals surface area (Å²) in [5, 5.41) is 3.58. The summed E-state index contributed by atoms with van der Waals surface area (Å²) in [6, 6.07) is 17.1. The van der Waals surface area contributed by atoms with E-state index in [2.05, 4.69) is 52.3 Å². The SMILES string of the molecule is c1ccc2c(c1)CCC1=C2Nc2nc3ccccc3n2C1. The van der Waals surface area contributed by atoms with Crippen LogP contribution in [-0.4, -0.2) is 9.55 Å². The van der Waals surface area contributed by atoms with E-state index in [-0.39, 0.29) is 0 Å². The molecule has 0 saturated heterocycles. The van der Waals surface area contributed by atoms with E-state index in [9.17, 15) is 0 Å². The lowest BCUT2D eigenvalue weighted by molar-refractivity contribution is 0.738. The standard InChI is InChI=1S/C18H15N3/c1-2-6-14-12(5-1)9-10-13-11-21-16-8-4-3-7-15(16)19-18(21)20-17(13)14/h1-8H,9-11H2,(H,19,20). The number of para-hydroxylation sites is 2. The number of rotatable bonds is 0. The highest BCUT2D eigenvalue weighted by Gasteiger charge is 2.25. The minimum Gasteiger partial charge on any atom is -0.325 e. The maximum Gasteiger partial charge on any atom is 0.208 e. The van der Waals surface area contributed by atoms with Gasteiger partial charge >= 0.3 is 0 Å². The molecule has 2 heterocycles. The fourth-order valence-electron chi connectivity index (χ4n) is 3.53. The Balaban J connectivity index is 1.70. The van der Waals surface area contributed by atoms with E-state index >= 15 is 0 Å². The first-order chi connectivity index (χ1) is 10.4. The number of hydrogen-bond acceptors (Lipinski definition) is 2. The molecule has 3 nitrogen and oxygen atoms in total. The highest BCUT2D eigenvalue weighted by atomic mass is 15.2. The average Bonchev–Trinajstić information content (AvgIpc) is 2.90. The van der Waals surface area contributed by atoms with Crippen molar-refractivity contribution in [3.63, 3.8) is 0 Å². The summed E-state index contributed by atoms with van der Waals surface area (Å²) in [5.41, 5.74) is 7.83. The molecule has 3 heteroatoms. The van der Waals surface area contributed by atoms with Crippen LogP contribution >= 0.6 is 0 Å². The van der Waals surface area contributed by atoms with E-state index in [1.54, 1.807) is 0 Å². The molecule has 0 fully saturated rings. The van der Waals surface area contributed by atoms with Gasteiger partial charge in [-0.2, -0.15) is 0 Å². The minimum atomic E-state index is 0.951. The maximum absolute atomic E-state index is 4.73. The van der Waals surface area contributed by atoms with Crippen LogP contribution < -0.4 is 5.32 Å². The molecule has 2 aliphatic rings. The Labute approximate surface area is 122 Å². The van der Waals surface area contributed by atoms with Crippen molar-refractivity contribution >= 4 is 22.7 Å². The van der Waals surface area contributed by atoms with Gasteiger partial charge in [0, 0.05) is 17.8 Å². The molecule has 0 atom stereocenters. The first-order valence-corrected chi connectivity index (χ1v) is 7.43. The van der Waals surface area contributed by atoms with Crippen molar-refractivity contribution in [2.45, 2.75) is 19.4 Å². The van der Waals surface area contributed by atoms with Crippen LogP contribution in [0.1, 0.15) is 17.5 Å². The number of hydrogen-bond donors (Lipinski definition) is 1. The summed E-state index contributed by atoms with van der Waals surface area (Å²) >= 11 is 0. The first-order valence-electron chi connectivity index (χ1n) is 7.43. The molecule has 1 aromatic heterocycles. The van der Waals surface area contributed by atoms with Crippen LogP contribution in [0.3, 0.4) is 0 Å². The van der Waals surface area contributed by atoms with Crippen molar-refractivity contribution in [1.29, 1.82) is 0 Å². The first kappa shape index (κ1) is 11.1. The molecule has 1 aliphatic heterocycles. The molecule has 0 unspecified atom stereocenters. The topological polar surface area (TPSA) is 29.9 Å². The van der Waals surface area contributed by atoms with Crippen molar-refractivity contribution in [3.05, 3.63) is 65.2 Å². The Morgan fingerprint density at radius 2 is 1.81 bits per heavy atom. The second-order valence-electron chi connectivity index (χ2n) is 5.77. The van der Waals surface area contributed by atoms with E-state index < -0.39 is 0 Å².